The van der Waals surface area contributed by atoms with Gasteiger partial charge in [0, 0.05) is 5.25 Å². The van der Waals surface area contributed by atoms with Crippen LogP contribution in [0.25, 0.3) is 10.8 Å². The summed E-state index contributed by atoms with van der Waals surface area (Å²) in [7, 11) is 0. The lowest BCUT2D eigenvalue weighted by molar-refractivity contribution is 0.475. The lowest BCUT2D eigenvalue weighted by Gasteiger charge is -2.12. The van der Waals surface area contributed by atoms with E-state index in [9.17, 15) is 5.11 Å². The molecule has 1 N–H and O–H groups in total. The van der Waals surface area contributed by atoms with Crippen molar-refractivity contribution in [2.45, 2.75) is 12.2 Å². The van der Waals surface area contributed by atoms with Crippen molar-refractivity contribution in [1.82, 2.24) is 0 Å². The highest BCUT2D eigenvalue weighted by atomic mass is 32.2. The summed E-state index contributed by atoms with van der Waals surface area (Å²) in [6.45, 7) is 2.16. The molecule has 0 saturated heterocycles. The zero-order valence-electron chi connectivity index (χ0n) is 8.90. The SMILES string of the molecule is CSC(C)c1cc(O)cc2ccccc12. The first-order valence-corrected chi connectivity index (χ1v) is 6.25. The summed E-state index contributed by atoms with van der Waals surface area (Å²) in [5, 5.41) is 12.4. The molecule has 0 radical (unpaired) electrons. The number of hydrogen-bond donors (Lipinski definition) is 1. The van der Waals surface area contributed by atoms with E-state index in [2.05, 4.69) is 19.2 Å². The average Bonchev–Trinajstić information content (AvgIpc) is 2.26. The number of rotatable bonds is 2. The van der Waals surface area contributed by atoms with Crippen LogP contribution in [0.4, 0.5) is 0 Å². The summed E-state index contributed by atoms with van der Waals surface area (Å²) >= 11 is 1.79. The third-order valence-electron chi connectivity index (χ3n) is 2.67. The molecule has 1 nitrogen and oxygen atoms in total. The lowest BCUT2D eigenvalue weighted by atomic mass is 10.0. The number of fused-ring (bicyclic) bond motifs is 1. The van der Waals surface area contributed by atoms with Crippen molar-refractivity contribution in [3.05, 3.63) is 42.0 Å². The molecule has 0 aliphatic carbocycles. The Morgan fingerprint density at radius 2 is 1.93 bits per heavy atom. The van der Waals surface area contributed by atoms with Gasteiger partial charge in [-0.3, -0.25) is 0 Å². The van der Waals surface area contributed by atoms with E-state index in [-0.39, 0.29) is 0 Å². The second-order valence-electron chi connectivity index (χ2n) is 3.63. The molecule has 0 saturated carbocycles. The van der Waals surface area contributed by atoms with Crippen LogP contribution in [0.5, 0.6) is 5.75 Å². The second kappa shape index (κ2) is 4.15. The Balaban J connectivity index is 2.71. The normalized spacial score (nSPS) is 12.9. The van der Waals surface area contributed by atoms with Crippen molar-refractivity contribution in [2.24, 2.45) is 0 Å². The second-order valence-corrected chi connectivity index (χ2v) is 4.81. The molecule has 0 spiro atoms. The molecule has 0 aromatic heterocycles. The molecule has 2 rings (SSSR count). The van der Waals surface area contributed by atoms with Crippen molar-refractivity contribution in [1.29, 1.82) is 0 Å². The van der Waals surface area contributed by atoms with Crippen LogP contribution in [-0.2, 0) is 0 Å². The number of phenolic OH excluding ortho intramolecular Hbond substituents is 1. The van der Waals surface area contributed by atoms with E-state index < -0.39 is 0 Å². The van der Waals surface area contributed by atoms with Crippen molar-refractivity contribution in [2.75, 3.05) is 6.26 Å². The van der Waals surface area contributed by atoms with Gasteiger partial charge in [-0.1, -0.05) is 24.3 Å². The van der Waals surface area contributed by atoms with Crippen LogP contribution >= 0.6 is 11.8 Å². The third-order valence-corrected chi connectivity index (χ3v) is 3.63. The molecule has 0 fully saturated rings. The minimum absolute atomic E-state index is 0.351. The molecule has 1 unspecified atom stereocenters. The monoisotopic (exact) mass is 218 g/mol. The fraction of sp³-hybridized carbons (Fsp3) is 0.231. The van der Waals surface area contributed by atoms with Crippen LogP contribution in [0.1, 0.15) is 17.7 Å². The number of aromatic hydroxyl groups is 1. The molecular weight excluding hydrogens is 204 g/mol. The van der Waals surface area contributed by atoms with Gasteiger partial charge in [0.2, 0.25) is 0 Å². The Kier molecular flexibility index (Phi) is 2.87. The van der Waals surface area contributed by atoms with E-state index in [1.165, 1.54) is 10.9 Å². The molecular formula is C13H14OS. The summed E-state index contributed by atoms with van der Waals surface area (Å²) in [6, 6.07) is 11.9. The lowest BCUT2D eigenvalue weighted by Crippen LogP contribution is -1.89. The summed E-state index contributed by atoms with van der Waals surface area (Å²) in [4.78, 5) is 0. The molecule has 0 aliphatic rings. The van der Waals surface area contributed by atoms with Crippen LogP contribution in [0.3, 0.4) is 0 Å². The van der Waals surface area contributed by atoms with Crippen molar-refractivity contribution in [3.8, 4) is 5.75 Å². The molecule has 0 amide bonds. The van der Waals surface area contributed by atoms with E-state index >= 15 is 0 Å². The maximum absolute atomic E-state index is 9.65. The Morgan fingerprint density at radius 1 is 1.20 bits per heavy atom. The largest absolute Gasteiger partial charge is 0.508 e. The molecule has 78 valence electrons. The first-order chi connectivity index (χ1) is 7.22. The predicted octanol–water partition coefficient (Wildman–Crippen LogP) is 3.97. The zero-order valence-corrected chi connectivity index (χ0v) is 9.71. The van der Waals surface area contributed by atoms with Crippen molar-refractivity contribution in [3.63, 3.8) is 0 Å². The summed E-state index contributed by atoms with van der Waals surface area (Å²) in [5.41, 5.74) is 1.21. The van der Waals surface area contributed by atoms with Gasteiger partial charge >= 0.3 is 0 Å². The smallest absolute Gasteiger partial charge is 0.116 e. The fourth-order valence-corrected chi connectivity index (χ4v) is 2.24. The van der Waals surface area contributed by atoms with Gasteiger partial charge in [0.05, 0.1) is 0 Å². The van der Waals surface area contributed by atoms with Crippen molar-refractivity contribution < 1.29 is 5.11 Å². The van der Waals surface area contributed by atoms with Gasteiger partial charge in [-0.05, 0) is 41.6 Å². The highest BCUT2D eigenvalue weighted by Gasteiger charge is 2.09. The average molecular weight is 218 g/mol. The standard InChI is InChI=1S/C13H14OS/c1-9(15-2)13-8-11(14)7-10-5-3-4-6-12(10)13/h3-9,14H,1-2H3. The number of benzene rings is 2. The number of thioether (sulfide) groups is 1. The minimum atomic E-state index is 0.351. The summed E-state index contributed by atoms with van der Waals surface area (Å²) in [5.74, 6) is 0.351. The third kappa shape index (κ3) is 1.95. The first kappa shape index (κ1) is 10.4. The Hall–Kier alpha value is -1.15. The Morgan fingerprint density at radius 3 is 2.67 bits per heavy atom. The van der Waals surface area contributed by atoms with E-state index in [0.29, 0.717) is 11.0 Å². The quantitative estimate of drug-likeness (QED) is 0.823. The Labute approximate surface area is 94.1 Å². The molecule has 2 aromatic carbocycles. The maximum Gasteiger partial charge on any atom is 0.116 e. The maximum atomic E-state index is 9.65. The van der Waals surface area contributed by atoms with Crippen LogP contribution in [0.2, 0.25) is 0 Å². The van der Waals surface area contributed by atoms with Gasteiger partial charge in [0.15, 0.2) is 0 Å². The van der Waals surface area contributed by atoms with Crippen LogP contribution in [-0.4, -0.2) is 11.4 Å². The molecule has 0 aliphatic heterocycles. The van der Waals surface area contributed by atoms with Crippen LogP contribution < -0.4 is 0 Å². The van der Waals surface area contributed by atoms with E-state index in [1.54, 1.807) is 11.8 Å². The molecule has 1 atom stereocenters. The molecule has 15 heavy (non-hydrogen) atoms. The highest BCUT2D eigenvalue weighted by molar-refractivity contribution is 7.98. The minimum Gasteiger partial charge on any atom is -0.508 e. The zero-order chi connectivity index (χ0) is 10.8. The number of phenols is 1. The van der Waals surface area contributed by atoms with Crippen LogP contribution in [0.15, 0.2) is 36.4 Å². The fourth-order valence-electron chi connectivity index (χ4n) is 1.79. The summed E-state index contributed by atoms with van der Waals surface area (Å²) in [6.07, 6.45) is 2.09. The van der Waals surface area contributed by atoms with Gasteiger partial charge < -0.3 is 5.11 Å². The highest BCUT2D eigenvalue weighted by Crippen LogP contribution is 2.34. The van der Waals surface area contributed by atoms with Gasteiger partial charge in [-0.25, -0.2) is 0 Å². The van der Waals surface area contributed by atoms with Gasteiger partial charge in [0.1, 0.15) is 5.75 Å². The summed E-state index contributed by atoms with van der Waals surface area (Å²) < 4.78 is 0. The number of hydrogen-bond acceptors (Lipinski definition) is 2. The van der Waals surface area contributed by atoms with Gasteiger partial charge in [-0.15, -0.1) is 0 Å². The topological polar surface area (TPSA) is 20.2 Å². The van der Waals surface area contributed by atoms with E-state index in [1.807, 2.05) is 30.3 Å². The first-order valence-electron chi connectivity index (χ1n) is 4.97. The predicted molar refractivity (Wildman–Crippen MR) is 67.5 cm³/mol. The van der Waals surface area contributed by atoms with E-state index in [4.69, 9.17) is 0 Å². The van der Waals surface area contributed by atoms with Gasteiger partial charge in [0.25, 0.3) is 0 Å². The van der Waals surface area contributed by atoms with Crippen molar-refractivity contribution >= 4 is 22.5 Å². The van der Waals surface area contributed by atoms with Gasteiger partial charge in [-0.2, -0.15) is 11.8 Å². The van der Waals surface area contributed by atoms with E-state index in [0.717, 1.165) is 5.39 Å². The molecule has 2 aromatic rings. The molecule has 2 heteroatoms. The Bertz CT molecular complexity index is 479. The van der Waals surface area contributed by atoms with Crippen LogP contribution in [0, 0.1) is 0 Å². The molecule has 0 heterocycles. The molecule has 0 bridgehead atoms.